The summed E-state index contributed by atoms with van der Waals surface area (Å²) in [6.45, 7) is 7.53. The Balaban J connectivity index is 1.51. The fourth-order valence-electron chi connectivity index (χ4n) is 4.24. The summed E-state index contributed by atoms with van der Waals surface area (Å²) in [5, 5.41) is 0. The highest BCUT2D eigenvalue weighted by Gasteiger charge is 2.43. The third-order valence-corrected chi connectivity index (χ3v) is 5.41. The first-order chi connectivity index (χ1) is 10.8. The van der Waals surface area contributed by atoms with Crippen molar-refractivity contribution < 1.29 is 14.3 Å². The lowest BCUT2D eigenvalue weighted by molar-refractivity contribution is -0.142. The molecular formula is C18H30N2O3. The van der Waals surface area contributed by atoms with Gasteiger partial charge in [-0.3, -0.25) is 4.79 Å². The van der Waals surface area contributed by atoms with Crippen LogP contribution >= 0.6 is 0 Å². The molecule has 3 aliphatic rings. The van der Waals surface area contributed by atoms with Gasteiger partial charge in [0, 0.05) is 25.7 Å². The van der Waals surface area contributed by atoms with Crippen molar-refractivity contribution in [3.8, 4) is 0 Å². The third kappa shape index (κ3) is 3.64. The molecule has 0 unspecified atom stereocenters. The van der Waals surface area contributed by atoms with Crippen molar-refractivity contribution in [1.82, 2.24) is 9.80 Å². The van der Waals surface area contributed by atoms with E-state index in [4.69, 9.17) is 4.74 Å². The molecule has 1 saturated carbocycles. The van der Waals surface area contributed by atoms with Crippen molar-refractivity contribution in [2.45, 2.75) is 70.9 Å². The van der Waals surface area contributed by atoms with Crippen molar-refractivity contribution in [3.63, 3.8) is 0 Å². The van der Waals surface area contributed by atoms with Crippen LogP contribution in [-0.4, -0.2) is 53.1 Å². The molecule has 2 saturated heterocycles. The quantitative estimate of drug-likeness (QED) is 0.785. The summed E-state index contributed by atoms with van der Waals surface area (Å²) < 4.78 is 5.36. The maximum Gasteiger partial charge on any atom is 0.410 e. The van der Waals surface area contributed by atoms with Gasteiger partial charge in [-0.25, -0.2) is 4.79 Å². The Morgan fingerprint density at radius 2 is 1.65 bits per heavy atom. The average molecular weight is 322 g/mol. The number of hydrogen-bond acceptors (Lipinski definition) is 3. The van der Waals surface area contributed by atoms with E-state index < -0.39 is 5.60 Å². The van der Waals surface area contributed by atoms with E-state index in [0.717, 1.165) is 13.0 Å². The minimum atomic E-state index is -0.477. The zero-order valence-corrected chi connectivity index (χ0v) is 14.7. The van der Waals surface area contributed by atoms with Gasteiger partial charge in [0.2, 0.25) is 5.91 Å². The van der Waals surface area contributed by atoms with Gasteiger partial charge in [-0.1, -0.05) is 12.8 Å². The lowest BCUT2D eigenvalue weighted by Crippen LogP contribution is -2.58. The predicted octanol–water partition coefficient (Wildman–Crippen LogP) is 3.03. The average Bonchev–Trinajstić information content (AvgIpc) is 3.05. The fourth-order valence-corrected chi connectivity index (χ4v) is 4.24. The van der Waals surface area contributed by atoms with E-state index in [-0.39, 0.29) is 17.9 Å². The molecule has 130 valence electrons. The Hall–Kier alpha value is -1.26. The molecule has 5 heteroatoms. The summed E-state index contributed by atoms with van der Waals surface area (Å²) in [6, 6.07) is 0.459. The van der Waals surface area contributed by atoms with Crippen LogP contribution in [0.15, 0.2) is 0 Å². The molecule has 1 aliphatic carbocycles. The van der Waals surface area contributed by atoms with E-state index in [1.807, 2.05) is 20.8 Å². The van der Waals surface area contributed by atoms with Crippen LogP contribution in [0.25, 0.3) is 0 Å². The van der Waals surface area contributed by atoms with E-state index in [1.165, 1.54) is 32.1 Å². The van der Waals surface area contributed by atoms with E-state index in [0.29, 0.717) is 25.0 Å². The van der Waals surface area contributed by atoms with Crippen molar-refractivity contribution in [3.05, 3.63) is 0 Å². The highest BCUT2D eigenvalue weighted by molar-refractivity contribution is 5.83. The first-order valence-corrected chi connectivity index (χ1v) is 9.13. The molecule has 5 nitrogen and oxygen atoms in total. The van der Waals surface area contributed by atoms with E-state index in [9.17, 15) is 9.59 Å². The number of hydrogen-bond donors (Lipinski definition) is 0. The number of carbonyl (C=O) groups is 2. The molecule has 0 bridgehead atoms. The van der Waals surface area contributed by atoms with Crippen LogP contribution in [0.3, 0.4) is 0 Å². The van der Waals surface area contributed by atoms with Gasteiger partial charge in [-0.05, 0) is 52.4 Å². The Labute approximate surface area is 139 Å². The summed E-state index contributed by atoms with van der Waals surface area (Å²) in [6.07, 6.45) is 7.20. The van der Waals surface area contributed by atoms with Crippen LogP contribution in [-0.2, 0) is 9.53 Å². The second kappa shape index (κ2) is 6.33. The molecule has 0 aromatic carbocycles. The number of likely N-dealkylation sites (tertiary alicyclic amines) is 2. The van der Waals surface area contributed by atoms with Gasteiger partial charge in [-0.15, -0.1) is 0 Å². The molecule has 3 fully saturated rings. The summed E-state index contributed by atoms with van der Waals surface area (Å²) in [5.41, 5.74) is -0.477. The standard InChI is InChI=1S/C18H30N2O3/c1-18(2,3)23-17(22)19-11-14(12-19)16(21)20-10-6-9-15(20)13-7-4-5-8-13/h13-15H,4-12H2,1-3H3/t15-/m0/s1. The minimum absolute atomic E-state index is 0.0236. The van der Waals surface area contributed by atoms with Crippen molar-refractivity contribution in [1.29, 1.82) is 0 Å². The maximum atomic E-state index is 12.8. The Bertz CT molecular complexity index is 459. The van der Waals surface area contributed by atoms with E-state index in [2.05, 4.69) is 4.90 Å². The van der Waals surface area contributed by atoms with E-state index in [1.54, 1.807) is 4.90 Å². The highest BCUT2D eigenvalue weighted by Crippen LogP contribution is 2.36. The second-order valence-electron chi connectivity index (χ2n) is 8.37. The van der Waals surface area contributed by atoms with Crippen LogP contribution in [0.2, 0.25) is 0 Å². The fraction of sp³-hybridized carbons (Fsp3) is 0.889. The molecule has 23 heavy (non-hydrogen) atoms. The monoisotopic (exact) mass is 322 g/mol. The Morgan fingerprint density at radius 1 is 1.00 bits per heavy atom. The van der Waals surface area contributed by atoms with Crippen LogP contribution < -0.4 is 0 Å². The molecule has 0 radical (unpaired) electrons. The van der Waals surface area contributed by atoms with Crippen LogP contribution in [0.5, 0.6) is 0 Å². The topological polar surface area (TPSA) is 49.9 Å². The number of ether oxygens (including phenoxy) is 1. The Kier molecular flexibility index (Phi) is 4.56. The molecule has 2 amide bonds. The van der Waals surface area contributed by atoms with Crippen molar-refractivity contribution in [2.75, 3.05) is 19.6 Å². The number of carbonyl (C=O) groups excluding carboxylic acids is 2. The van der Waals surface area contributed by atoms with Crippen LogP contribution in [0, 0.1) is 11.8 Å². The Morgan fingerprint density at radius 3 is 2.26 bits per heavy atom. The second-order valence-corrected chi connectivity index (χ2v) is 8.37. The lowest BCUT2D eigenvalue weighted by Gasteiger charge is -2.42. The lowest BCUT2D eigenvalue weighted by atomic mass is 9.93. The molecule has 0 N–H and O–H groups in total. The summed E-state index contributed by atoms with van der Waals surface area (Å²) in [7, 11) is 0. The summed E-state index contributed by atoms with van der Waals surface area (Å²) in [5.74, 6) is 0.951. The predicted molar refractivity (Wildman–Crippen MR) is 88.0 cm³/mol. The zero-order valence-electron chi connectivity index (χ0n) is 14.7. The minimum Gasteiger partial charge on any atom is -0.444 e. The molecule has 0 spiro atoms. The molecule has 0 aromatic heterocycles. The first kappa shape index (κ1) is 16.6. The normalized spacial score (nSPS) is 26.5. The van der Waals surface area contributed by atoms with Gasteiger partial charge in [0.05, 0.1) is 5.92 Å². The van der Waals surface area contributed by atoms with Gasteiger partial charge in [0.25, 0.3) is 0 Å². The largest absolute Gasteiger partial charge is 0.444 e. The zero-order chi connectivity index (χ0) is 16.6. The molecular weight excluding hydrogens is 292 g/mol. The smallest absolute Gasteiger partial charge is 0.410 e. The van der Waals surface area contributed by atoms with Crippen LogP contribution in [0.4, 0.5) is 4.79 Å². The molecule has 1 atom stereocenters. The van der Waals surface area contributed by atoms with Gasteiger partial charge < -0.3 is 14.5 Å². The third-order valence-electron chi connectivity index (χ3n) is 5.41. The van der Waals surface area contributed by atoms with Gasteiger partial charge >= 0.3 is 6.09 Å². The summed E-state index contributed by atoms with van der Waals surface area (Å²) >= 11 is 0. The SMILES string of the molecule is CC(C)(C)OC(=O)N1CC(C(=O)N2CCC[C@H]2C2CCCC2)C1. The number of amides is 2. The first-order valence-electron chi connectivity index (χ1n) is 9.13. The van der Waals surface area contributed by atoms with Crippen LogP contribution in [0.1, 0.15) is 59.3 Å². The maximum absolute atomic E-state index is 12.8. The number of rotatable bonds is 2. The highest BCUT2D eigenvalue weighted by atomic mass is 16.6. The van der Waals surface area contributed by atoms with E-state index >= 15 is 0 Å². The van der Waals surface area contributed by atoms with Gasteiger partial charge in [0.15, 0.2) is 0 Å². The van der Waals surface area contributed by atoms with Crippen molar-refractivity contribution >= 4 is 12.0 Å². The summed E-state index contributed by atoms with van der Waals surface area (Å²) in [4.78, 5) is 28.6. The molecule has 2 heterocycles. The van der Waals surface area contributed by atoms with Gasteiger partial charge in [-0.2, -0.15) is 0 Å². The molecule has 2 aliphatic heterocycles. The number of nitrogens with zero attached hydrogens (tertiary/aromatic N) is 2. The van der Waals surface area contributed by atoms with Crippen molar-refractivity contribution in [2.24, 2.45) is 11.8 Å². The molecule has 3 rings (SSSR count). The van der Waals surface area contributed by atoms with Gasteiger partial charge in [0.1, 0.15) is 5.60 Å². The molecule has 0 aromatic rings.